The lowest BCUT2D eigenvalue weighted by Crippen LogP contribution is -2.52. The van der Waals surface area contributed by atoms with Gasteiger partial charge in [-0.1, -0.05) is 62.4 Å². The molecule has 0 aliphatic heterocycles. The predicted octanol–water partition coefficient (Wildman–Crippen LogP) is 3.09. The van der Waals surface area contributed by atoms with Gasteiger partial charge in [0.2, 0.25) is 21.8 Å². The molecule has 7 nitrogen and oxygen atoms in total. The third kappa shape index (κ3) is 6.82. The summed E-state index contributed by atoms with van der Waals surface area (Å²) in [6, 6.07) is 15.7. The van der Waals surface area contributed by atoms with E-state index in [1.54, 1.807) is 25.1 Å². The zero-order valence-corrected chi connectivity index (χ0v) is 20.1. The van der Waals surface area contributed by atoms with E-state index in [1.807, 2.05) is 50.2 Å². The first-order valence-corrected chi connectivity index (χ1v) is 12.7. The number of amides is 2. The van der Waals surface area contributed by atoms with Gasteiger partial charge in [-0.05, 0) is 37.0 Å². The molecule has 1 unspecified atom stereocenters. The highest BCUT2D eigenvalue weighted by molar-refractivity contribution is 7.92. The summed E-state index contributed by atoms with van der Waals surface area (Å²) >= 11 is 0. The highest BCUT2D eigenvalue weighted by Crippen LogP contribution is 2.23. The van der Waals surface area contributed by atoms with Crippen molar-refractivity contribution in [2.24, 2.45) is 0 Å². The average molecular weight is 460 g/mol. The Balaban J connectivity index is 2.41. The van der Waals surface area contributed by atoms with Crippen molar-refractivity contribution in [2.45, 2.75) is 46.2 Å². The molecule has 0 aliphatic carbocycles. The monoisotopic (exact) mass is 459 g/mol. The number of carbonyl (C=O) groups is 2. The molecule has 174 valence electrons. The first-order valence-electron chi connectivity index (χ1n) is 10.8. The molecule has 1 N–H and O–H groups in total. The quantitative estimate of drug-likeness (QED) is 0.559. The van der Waals surface area contributed by atoms with E-state index in [2.05, 4.69) is 5.32 Å². The van der Waals surface area contributed by atoms with E-state index in [9.17, 15) is 18.0 Å². The van der Waals surface area contributed by atoms with Gasteiger partial charge < -0.3 is 10.2 Å². The van der Waals surface area contributed by atoms with Gasteiger partial charge in [0, 0.05) is 13.1 Å². The minimum atomic E-state index is -3.72. The normalized spacial score (nSPS) is 12.1. The number of carbonyl (C=O) groups excluding carboxylic acids is 2. The van der Waals surface area contributed by atoms with E-state index in [0.717, 1.165) is 28.1 Å². The summed E-state index contributed by atoms with van der Waals surface area (Å²) in [5, 5.41) is 2.86. The van der Waals surface area contributed by atoms with Crippen molar-refractivity contribution < 1.29 is 18.0 Å². The van der Waals surface area contributed by atoms with Crippen LogP contribution in [0.5, 0.6) is 0 Å². The van der Waals surface area contributed by atoms with Crippen LogP contribution in [0.15, 0.2) is 54.6 Å². The van der Waals surface area contributed by atoms with Crippen LogP contribution in [0.2, 0.25) is 0 Å². The molecule has 0 fully saturated rings. The molecule has 2 rings (SSSR count). The lowest BCUT2D eigenvalue weighted by Gasteiger charge is -2.33. The topological polar surface area (TPSA) is 86.8 Å². The van der Waals surface area contributed by atoms with Crippen molar-refractivity contribution in [1.82, 2.24) is 10.2 Å². The molecule has 2 aromatic carbocycles. The molecular weight excluding hydrogens is 426 g/mol. The van der Waals surface area contributed by atoms with E-state index in [4.69, 9.17) is 0 Å². The summed E-state index contributed by atoms with van der Waals surface area (Å²) < 4.78 is 26.3. The third-order valence-corrected chi connectivity index (χ3v) is 6.32. The minimum absolute atomic E-state index is 0.211. The van der Waals surface area contributed by atoms with Crippen LogP contribution >= 0.6 is 0 Å². The number of rotatable bonds is 11. The number of benzene rings is 2. The van der Waals surface area contributed by atoms with E-state index < -0.39 is 22.0 Å². The van der Waals surface area contributed by atoms with Gasteiger partial charge in [0.25, 0.3) is 0 Å². The number of sulfonamides is 1. The Morgan fingerprint density at radius 1 is 1.00 bits per heavy atom. The molecule has 0 aliphatic rings. The van der Waals surface area contributed by atoms with Gasteiger partial charge in [0.15, 0.2) is 0 Å². The molecule has 0 saturated heterocycles. The summed E-state index contributed by atoms with van der Waals surface area (Å²) in [4.78, 5) is 27.8. The fourth-order valence-corrected chi connectivity index (χ4v) is 4.41. The minimum Gasteiger partial charge on any atom is -0.354 e. The van der Waals surface area contributed by atoms with E-state index >= 15 is 0 Å². The second-order valence-corrected chi connectivity index (χ2v) is 9.69. The number of nitrogens with one attached hydrogen (secondary N) is 1. The van der Waals surface area contributed by atoms with Crippen LogP contribution in [0.4, 0.5) is 5.69 Å². The molecule has 2 aromatic rings. The zero-order chi connectivity index (χ0) is 23.7. The van der Waals surface area contributed by atoms with Crippen molar-refractivity contribution in [1.29, 1.82) is 0 Å². The van der Waals surface area contributed by atoms with Crippen LogP contribution in [0.1, 0.15) is 37.8 Å². The molecule has 2 amide bonds. The van der Waals surface area contributed by atoms with Crippen molar-refractivity contribution in [3.05, 3.63) is 65.7 Å². The second-order valence-electron chi connectivity index (χ2n) is 7.78. The maximum absolute atomic E-state index is 13.5. The van der Waals surface area contributed by atoms with Crippen LogP contribution in [-0.2, 0) is 26.2 Å². The molecule has 0 saturated carbocycles. The average Bonchev–Trinajstić information content (AvgIpc) is 2.76. The van der Waals surface area contributed by atoms with Crippen LogP contribution in [0.3, 0.4) is 0 Å². The number of aryl methyl sites for hydroxylation is 1. The van der Waals surface area contributed by atoms with Gasteiger partial charge in [-0.3, -0.25) is 13.9 Å². The van der Waals surface area contributed by atoms with Crippen molar-refractivity contribution >= 4 is 27.5 Å². The van der Waals surface area contributed by atoms with Crippen LogP contribution in [0.25, 0.3) is 0 Å². The third-order valence-electron chi connectivity index (χ3n) is 5.19. The number of para-hydroxylation sites is 1. The highest BCUT2D eigenvalue weighted by Gasteiger charge is 2.31. The Kier molecular flexibility index (Phi) is 9.26. The number of nitrogens with zero attached hydrogens (tertiary/aromatic N) is 2. The maximum atomic E-state index is 13.5. The molecule has 0 radical (unpaired) electrons. The van der Waals surface area contributed by atoms with Crippen LogP contribution < -0.4 is 9.62 Å². The van der Waals surface area contributed by atoms with Gasteiger partial charge in [-0.25, -0.2) is 8.42 Å². The predicted molar refractivity (Wildman–Crippen MR) is 128 cm³/mol. The number of hydrogen-bond donors (Lipinski definition) is 1. The summed E-state index contributed by atoms with van der Waals surface area (Å²) in [5.74, 6) is -0.665. The molecule has 0 aromatic heterocycles. The summed E-state index contributed by atoms with van der Waals surface area (Å²) in [5.41, 5.74) is 2.06. The number of anilines is 1. The van der Waals surface area contributed by atoms with Crippen molar-refractivity contribution in [2.75, 3.05) is 23.7 Å². The second kappa shape index (κ2) is 11.7. The number of hydrogen-bond acceptors (Lipinski definition) is 4. The van der Waals surface area contributed by atoms with Gasteiger partial charge in [-0.2, -0.15) is 0 Å². The molecule has 1 atom stereocenters. The van der Waals surface area contributed by atoms with Gasteiger partial charge in [-0.15, -0.1) is 0 Å². The van der Waals surface area contributed by atoms with E-state index in [0.29, 0.717) is 18.7 Å². The van der Waals surface area contributed by atoms with Crippen molar-refractivity contribution in [3.8, 4) is 0 Å². The lowest BCUT2D eigenvalue weighted by molar-refractivity contribution is -0.140. The Bertz CT molecular complexity index is 1010. The molecule has 32 heavy (non-hydrogen) atoms. The van der Waals surface area contributed by atoms with Gasteiger partial charge >= 0.3 is 0 Å². The Morgan fingerprint density at radius 3 is 2.19 bits per heavy atom. The fraction of sp³-hybridized carbons (Fsp3) is 0.417. The van der Waals surface area contributed by atoms with Crippen LogP contribution in [-0.4, -0.2) is 50.5 Å². The van der Waals surface area contributed by atoms with E-state index in [-0.39, 0.29) is 19.0 Å². The first-order chi connectivity index (χ1) is 15.2. The summed E-state index contributed by atoms with van der Waals surface area (Å²) in [6.07, 6.45) is 2.28. The zero-order valence-electron chi connectivity index (χ0n) is 19.2. The standard InChI is InChI=1S/C24H33N3O4S/c1-5-16-25-24(29)21(6-2)26(17-20-13-8-7-9-14-20)23(28)18-27(32(4,30)31)22-15-11-10-12-19(22)3/h7-15,21H,5-6,16-18H2,1-4H3,(H,25,29). The Morgan fingerprint density at radius 2 is 1.62 bits per heavy atom. The molecule has 0 spiro atoms. The highest BCUT2D eigenvalue weighted by atomic mass is 32.2. The van der Waals surface area contributed by atoms with Crippen molar-refractivity contribution in [3.63, 3.8) is 0 Å². The van der Waals surface area contributed by atoms with Gasteiger partial charge in [0.05, 0.1) is 11.9 Å². The SMILES string of the molecule is CCCNC(=O)C(CC)N(Cc1ccccc1)C(=O)CN(c1ccccc1C)S(C)(=O)=O. The Hall–Kier alpha value is -2.87. The summed E-state index contributed by atoms with van der Waals surface area (Å²) in [6.45, 7) is 5.95. The molecular formula is C24H33N3O4S. The molecule has 8 heteroatoms. The van der Waals surface area contributed by atoms with E-state index in [1.165, 1.54) is 4.90 Å². The smallest absolute Gasteiger partial charge is 0.244 e. The van der Waals surface area contributed by atoms with Gasteiger partial charge in [0.1, 0.15) is 12.6 Å². The fourth-order valence-electron chi connectivity index (χ4n) is 3.50. The largest absolute Gasteiger partial charge is 0.354 e. The molecule has 0 heterocycles. The first kappa shape index (κ1) is 25.4. The molecule has 0 bridgehead atoms. The van der Waals surface area contributed by atoms with Crippen LogP contribution in [0, 0.1) is 6.92 Å². The Labute approximate surface area is 191 Å². The maximum Gasteiger partial charge on any atom is 0.244 e. The summed E-state index contributed by atoms with van der Waals surface area (Å²) in [7, 11) is -3.72. The lowest BCUT2D eigenvalue weighted by atomic mass is 10.1.